The Bertz CT molecular complexity index is 1340. The fourth-order valence-corrected chi connectivity index (χ4v) is 5.33. The monoisotopic (exact) mass is 524 g/mol. The minimum atomic E-state index is -3.86. The van der Waals surface area contributed by atoms with Crippen LogP contribution in [0.1, 0.15) is 10.4 Å². The van der Waals surface area contributed by atoms with Gasteiger partial charge in [0.25, 0.3) is 15.9 Å². The lowest BCUT2D eigenvalue weighted by atomic mass is 10.2. The number of sulfonamides is 1. The summed E-state index contributed by atoms with van der Waals surface area (Å²) in [6.07, 6.45) is 0. The summed E-state index contributed by atoms with van der Waals surface area (Å²) >= 11 is 0. The van der Waals surface area contributed by atoms with Crippen molar-refractivity contribution >= 4 is 33.0 Å². The molecule has 4 rings (SSSR count). The highest BCUT2D eigenvalue weighted by molar-refractivity contribution is 7.92. The molecule has 0 bridgehead atoms. The third-order valence-corrected chi connectivity index (χ3v) is 8.28. The van der Waals surface area contributed by atoms with Gasteiger partial charge in [-0.3, -0.25) is 9.10 Å². The van der Waals surface area contributed by atoms with Crippen LogP contribution in [0.5, 0.6) is 11.5 Å². The molecule has 0 atom stereocenters. The van der Waals surface area contributed by atoms with Gasteiger partial charge in [0.1, 0.15) is 0 Å². The number of carbonyl (C=O) groups is 1. The number of rotatable bonds is 8. The molecule has 1 fully saturated rings. The number of nitrogens with one attached hydrogen (secondary N) is 1. The molecule has 0 saturated carbocycles. The summed E-state index contributed by atoms with van der Waals surface area (Å²) < 4.78 is 37.9. The van der Waals surface area contributed by atoms with Gasteiger partial charge in [-0.25, -0.2) is 8.42 Å². The van der Waals surface area contributed by atoms with Crippen molar-refractivity contribution < 1.29 is 22.7 Å². The molecule has 10 heteroatoms. The van der Waals surface area contributed by atoms with Gasteiger partial charge in [0.15, 0.2) is 11.5 Å². The number of benzene rings is 3. The third-order valence-electron chi connectivity index (χ3n) is 6.50. The van der Waals surface area contributed by atoms with Crippen LogP contribution in [0.15, 0.2) is 71.6 Å². The van der Waals surface area contributed by atoms with E-state index in [4.69, 9.17) is 9.47 Å². The van der Waals surface area contributed by atoms with Gasteiger partial charge in [0.05, 0.1) is 24.8 Å². The average Bonchev–Trinajstić information content (AvgIpc) is 2.93. The van der Waals surface area contributed by atoms with Crippen molar-refractivity contribution in [2.45, 2.75) is 4.90 Å². The molecule has 1 saturated heterocycles. The van der Waals surface area contributed by atoms with E-state index in [1.54, 1.807) is 30.3 Å². The lowest BCUT2D eigenvalue weighted by Gasteiger charge is -2.34. The zero-order chi connectivity index (χ0) is 26.6. The van der Waals surface area contributed by atoms with Crippen molar-refractivity contribution in [2.75, 3.05) is 69.0 Å². The maximum absolute atomic E-state index is 13.2. The van der Waals surface area contributed by atoms with Gasteiger partial charge in [-0.15, -0.1) is 0 Å². The van der Waals surface area contributed by atoms with Gasteiger partial charge in [-0.1, -0.05) is 0 Å². The molecule has 9 nitrogen and oxygen atoms in total. The Labute approximate surface area is 218 Å². The molecular formula is C27H32N4O5S. The van der Waals surface area contributed by atoms with Gasteiger partial charge < -0.3 is 24.6 Å². The normalized spacial score (nSPS) is 14.2. The van der Waals surface area contributed by atoms with Gasteiger partial charge in [-0.2, -0.15) is 0 Å². The molecule has 196 valence electrons. The number of likely N-dealkylation sites (N-methyl/N-ethyl adjacent to an activating group) is 1. The second-order valence-electron chi connectivity index (χ2n) is 8.83. The number of hydrogen-bond donors (Lipinski definition) is 1. The first kappa shape index (κ1) is 26.3. The summed E-state index contributed by atoms with van der Waals surface area (Å²) in [6, 6.07) is 18.6. The first-order valence-electron chi connectivity index (χ1n) is 11.9. The Kier molecular flexibility index (Phi) is 7.89. The van der Waals surface area contributed by atoms with Crippen LogP contribution in [0.4, 0.5) is 17.1 Å². The number of piperazine rings is 1. The molecule has 1 heterocycles. The van der Waals surface area contributed by atoms with Gasteiger partial charge in [0.2, 0.25) is 0 Å². The van der Waals surface area contributed by atoms with E-state index in [-0.39, 0.29) is 10.8 Å². The number of ether oxygens (including phenoxy) is 2. The highest BCUT2D eigenvalue weighted by atomic mass is 32.2. The van der Waals surface area contributed by atoms with Crippen molar-refractivity contribution in [3.8, 4) is 11.5 Å². The summed E-state index contributed by atoms with van der Waals surface area (Å²) in [6.45, 7) is 4.01. The van der Waals surface area contributed by atoms with Crippen LogP contribution in [0, 0.1) is 0 Å². The Morgan fingerprint density at radius 1 is 0.865 bits per heavy atom. The second-order valence-corrected chi connectivity index (χ2v) is 10.8. The zero-order valence-corrected chi connectivity index (χ0v) is 22.3. The molecule has 0 aliphatic carbocycles. The second kappa shape index (κ2) is 11.1. The molecule has 0 spiro atoms. The molecule has 1 amide bonds. The zero-order valence-electron chi connectivity index (χ0n) is 21.5. The molecule has 3 aromatic rings. The largest absolute Gasteiger partial charge is 0.493 e. The standard InChI is InChI=1S/C27H32N4O5S/c1-29-15-17-31(18-16-29)23-11-7-21(8-12-23)28-27(32)20-5-9-22(10-6-20)30(2)37(33,34)24-13-14-25(35-3)26(19-24)36-4/h5-14,19H,15-18H2,1-4H3,(H,28,32). The van der Waals surface area contributed by atoms with Crippen molar-refractivity contribution in [3.05, 3.63) is 72.3 Å². The highest BCUT2D eigenvalue weighted by Gasteiger charge is 2.23. The van der Waals surface area contributed by atoms with Crippen molar-refractivity contribution in [1.29, 1.82) is 0 Å². The maximum Gasteiger partial charge on any atom is 0.264 e. The predicted octanol–water partition coefficient (Wildman–Crippen LogP) is 3.53. The predicted molar refractivity (Wildman–Crippen MR) is 146 cm³/mol. The first-order valence-corrected chi connectivity index (χ1v) is 13.3. The van der Waals surface area contributed by atoms with Crippen LogP contribution in [-0.2, 0) is 10.0 Å². The Hall–Kier alpha value is -3.76. The number of methoxy groups -OCH3 is 2. The fraction of sp³-hybridized carbons (Fsp3) is 0.296. The average molecular weight is 525 g/mol. The van der Waals surface area contributed by atoms with E-state index >= 15 is 0 Å². The van der Waals surface area contributed by atoms with Crippen LogP contribution >= 0.6 is 0 Å². The SMILES string of the molecule is COc1ccc(S(=O)(=O)N(C)c2ccc(C(=O)Nc3ccc(N4CCN(C)CC4)cc3)cc2)cc1OC. The Morgan fingerprint density at radius 2 is 1.49 bits per heavy atom. The summed E-state index contributed by atoms with van der Waals surface area (Å²) in [5.41, 5.74) is 2.67. The summed E-state index contributed by atoms with van der Waals surface area (Å²) in [5, 5.41) is 2.90. The first-order chi connectivity index (χ1) is 17.7. The van der Waals surface area contributed by atoms with E-state index < -0.39 is 10.0 Å². The van der Waals surface area contributed by atoms with Crippen LogP contribution < -0.4 is 24.0 Å². The molecule has 1 N–H and O–H groups in total. The highest BCUT2D eigenvalue weighted by Crippen LogP contribution is 2.31. The van der Waals surface area contributed by atoms with E-state index in [1.165, 1.54) is 33.4 Å². The van der Waals surface area contributed by atoms with E-state index in [0.29, 0.717) is 28.4 Å². The van der Waals surface area contributed by atoms with Crippen molar-refractivity contribution in [3.63, 3.8) is 0 Å². The lowest BCUT2D eigenvalue weighted by molar-refractivity contribution is 0.102. The summed E-state index contributed by atoms with van der Waals surface area (Å²) in [4.78, 5) is 17.5. The molecule has 1 aliphatic heterocycles. The quantitative estimate of drug-likeness (QED) is 0.482. The number of carbonyl (C=O) groups excluding carboxylic acids is 1. The van der Waals surface area contributed by atoms with Gasteiger partial charge >= 0.3 is 0 Å². The smallest absolute Gasteiger partial charge is 0.264 e. The molecular weight excluding hydrogens is 492 g/mol. The third kappa shape index (κ3) is 5.81. The minimum Gasteiger partial charge on any atom is -0.493 e. The van der Waals surface area contributed by atoms with Crippen LogP contribution in [0.3, 0.4) is 0 Å². The number of nitrogens with zero attached hydrogens (tertiary/aromatic N) is 3. The van der Waals surface area contributed by atoms with Gasteiger partial charge in [-0.05, 0) is 67.7 Å². The topological polar surface area (TPSA) is 91.4 Å². The van der Waals surface area contributed by atoms with Crippen molar-refractivity contribution in [1.82, 2.24) is 4.90 Å². The van der Waals surface area contributed by atoms with E-state index in [1.807, 2.05) is 24.3 Å². The number of anilines is 3. The lowest BCUT2D eigenvalue weighted by Crippen LogP contribution is -2.44. The van der Waals surface area contributed by atoms with E-state index in [9.17, 15) is 13.2 Å². The Morgan fingerprint density at radius 3 is 2.08 bits per heavy atom. The number of amides is 1. The number of hydrogen-bond acceptors (Lipinski definition) is 7. The Balaban J connectivity index is 1.42. The molecule has 0 radical (unpaired) electrons. The molecule has 3 aromatic carbocycles. The van der Waals surface area contributed by atoms with E-state index in [0.717, 1.165) is 36.2 Å². The maximum atomic E-state index is 13.2. The van der Waals surface area contributed by atoms with Crippen LogP contribution in [0.25, 0.3) is 0 Å². The molecule has 37 heavy (non-hydrogen) atoms. The molecule has 1 aliphatic rings. The molecule has 0 unspecified atom stereocenters. The fourth-order valence-electron chi connectivity index (χ4n) is 4.12. The summed E-state index contributed by atoms with van der Waals surface area (Å²) in [5.74, 6) is 0.485. The summed E-state index contributed by atoms with van der Waals surface area (Å²) in [7, 11) is 2.66. The molecule has 0 aromatic heterocycles. The van der Waals surface area contributed by atoms with Crippen molar-refractivity contribution in [2.24, 2.45) is 0 Å². The minimum absolute atomic E-state index is 0.0643. The van der Waals surface area contributed by atoms with Gasteiger partial charge in [0, 0.05) is 56.2 Å². The van der Waals surface area contributed by atoms with E-state index in [2.05, 4.69) is 22.2 Å². The van der Waals surface area contributed by atoms with Crippen LogP contribution in [0.2, 0.25) is 0 Å². The van der Waals surface area contributed by atoms with Crippen LogP contribution in [-0.4, -0.2) is 73.7 Å².